The van der Waals surface area contributed by atoms with Crippen molar-refractivity contribution in [3.63, 3.8) is 0 Å². The zero-order valence-electron chi connectivity index (χ0n) is 9.14. The van der Waals surface area contributed by atoms with Crippen LogP contribution in [0.2, 0.25) is 5.02 Å². The summed E-state index contributed by atoms with van der Waals surface area (Å²) in [6.07, 6.45) is 0.665. The van der Waals surface area contributed by atoms with Crippen molar-refractivity contribution in [3.8, 4) is 0 Å². The molecule has 1 rings (SSSR count). The fraction of sp³-hybridized carbons (Fsp3) is 0.300. The van der Waals surface area contributed by atoms with Crippen molar-refractivity contribution in [2.24, 2.45) is 5.14 Å². The van der Waals surface area contributed by atoms with Crippen molar-refractivity contribution in [3.05, 3.63) is 28.8 Å². The van der Waals surface area contributed by atoms with Crippen molar-refractivity contribution >= 4 is 27.6 Å². The van der Waals surface area contributed by atoms with Gasteiger partial charge in [0.15, 0.2) is 0 Å². The van der Waals surface area contributed by atoms with Crippen molar-refractivity contribution < 1.29 is 17.9 Å². The van der Waals surface area contributed by atoms with Crippen LogP contribution in [-0.2, 0) is 14.8 Å². The maximum absolute atomic E-state index is 11.6. The van der Waals surface area contributed by atoms with E-state index >= 15 is 0 Å². The highest BCUT2D eigenvalue weighted by Gasteiger charge is 2.16. The molecule has 1 aromatic rings. The zero-order chi connectivity index (χ0) is 13.1. The molecule has 0 bridgehead atoms. The van der Waals surface area contributed by atoms with Crippen LogP contribution in [0.5, 0.6) is 0 Å². The van der Waals surface area contributed by atoms with Gasteiger partial charge in [0.2, 0.25) is 10.0 Å². The molecular formula is C10H12ClNO4S. The van der Waals surface area contributed by atoms with Crippen LogP contribution in [-0.4, -0.2) is 21.0 Å². The minimum Gasteiger partial charge on any atom is -0.462 e. The summed E-state index contributed by atoms with van der Waals surface area (Å²) in [6.45, 7) is 2.09. The summed E-state index contributed by atoms with van der Waals surface area (Å²) in [6, 6.07) is 3.63. The smallest absolute Gasteiger partial charge is 0.339 e. The molecule has 5 nitrogen and oxygen atoms in total. The van der Waals surface area contributed by atoms with E-state index in [0.717, 1.165) is 6.07 Å². The third-order valence-corrected chi connectivity index (χ3v) is 3.16. The van der Waals surface area contributed by atoms with E-state index in [-0.39, 0.29) is 22.1 Å². The average Bonchev–Trinajstić information content (AvgIpc) is 2.24. The lowest BCUT2D eigenvalue weighted by Gasteiger charge is -2.06. The molecule has 0 saturated carbocycles. The summed E-state index contributed by atoms with van der Waals surface area (Å²) in [7, 11) is -3.86. The molecule has 0 aliphatic carbocycles. The van der Waals surface area contributed by atoms with E-state index in [0.29, 0.717) is 6.42 Å². The van der Waals surface area contributed by atoms with Gasteiger partial charge in [0.25, 0.3) is 0 Å². The molecule has 7 heteroatoms. The molecule has 0 fully saturated rings. The summed E-state index contributed by atoms with van der Waals surface area (Å²) in [5.74, 6) is -0.664. The molecule has 1 aromatic carbocycles. The molecule has 0 atom stereocenters. The van der Waals surface area contributed by atoms with Crippen LogP contribution in [0.25, 0.3) is 0 Å². The summed E-state index contributed by atoms with van der Waals surface area (Å²) >= 11 is 5.78. The van der Waals surface area contributed by atoms with Crippen LogP contribution < -0.4 is 5.14 Å². The number of halogens is 1. The second kappa shape index (κ2) is 5.48. The van der Waals surface area contributed by atoms with Crippen LogP contribution in [0.15, 0.2) is 23.1 Å². The molecule has 0 spiro atoms. The number of esters is 1. The number of hydrogen-bond donors (Lipinski definition) is 1. The number of rotatable bonds is 4. The van der Waals surface area contributed by atoms with Crippen LogP contribution in [0, 0.1) is 0 Å². The van der Waals surface area contributed by atoms with Gasteiger partial charge < -0.3 is 4.74 Å². The molecule has 0 aliphatic heterocycles. The lowest BCUT2D eigenvalue weighted by Crippen LogP contribution is -2.14. The highest BCUT2D eigenvalue weighted by molar-refractivity contribution is 7.89. The molecule has 0 radical (unpaired) electrons. The second-order valence-electron chi connectivity index (χ2n) is 3.32. The SMILES string of the molecule is CCCOC(=O)c1cc(S(N)(=O)=O)ccc1Cl. The standard InChI is InChI=1S/C10H12ClNO4S/c1-2-5-16-10(13)8-6-7(17(12,14)15)3-4-9(8)11/h3-4,6H,2,5H2,1H3,(H2,12,14,15). The summed E-state index contributed by atoms with van der Waals surface area (Å²) in [4.78, 5) is 11.4. The quantitative estimate of drug-likeness (QED) is 0.846. The Morgan fingerprint density at radius 3 is 2.65 bits per heavy atom. The number of primary sulfonamides is 1. The fourth-order valence-corrected chi connectivity index (χ4v) is 1.84. The van der Waals surface area contributed by atoms with E-state index in [1.807, 2.05) is 6.92 Å². The Bertz CT molecular complexity index is 527. The van der Waals surface area contributed by atoms with Gasteiger partial charge in [0.1, 0.15) is 0 Å². The fourth-order valence-electron chi connectivity index (χ4n) is 1.11. The van der Waals surface area contributed by atoms with E-state index in [1.54, 1.807) is 0 Å². The van der Waals surface area contributed by atoms with Crippen molar-refractivity contribution in [1.29, 1.82) is 0 Å². The van der Waals surface area contributed by atoms with E-state index in [2.05, 4.69) is 0 Å². The molecular weight excluding hydrogens is 266 g/mol. The first kappa shape index (κ1) is 14.0. The molecule has 0 saturated heterocycles. The molecule has 0 aromatic heterocycles. The largest absolute Gasteiger partial charge is 0.462 e. The first-order chi connectivity index (χ1) is 7.86. The Labute approximate surface area is 105 Å². The number of ether oxygens (including phenoxy) is 1. The van der Waals surface area contributed by atoms with E-state index in [4.69, 9.17) is 21.5 Å². The Kier molecular flexibility index (Phi) is 4.50. The Morgan fingerprint density at radius 2 is 2.12 bits per heavy atom. The Balaban J connectivity index is 3.11. The van der Waals surface area contributed by atoms with Crippen LogP contribution in [0.1, 0.15) is 23.7 Å². The number of hydrogen-bond acceptors (Lipinski definition) is 4. The third kappa shape index (κ3) is 3.69. The third-order valence-electron chi connectivity index (χ3n) is 1.92. The maximum Gasteiger partial charge on any atom is 0.339 e. The van der Waals surface area contributed by atoms with E-state index < -0.39 is 16.0 Å². The van der Waals surface area contributed by atoms with Gasteiger partial charge in [-0.05, 0) is 24.6 Å². The van der Waals surface area contributed by atoms with Gasteiger partial charge in [0.05, 0.1) is 22.1 Å². The van der Waals surface area contributed by atoms with Gasteiger partial charge in [0, 0.05) is 0 Å². The first-order valence-corrected chi connectivity index (χ1v) is 6.78. The number of carbonyl (C=O) groups excluding carboxylic acids is 1. The summed E-state index contributed by atoms with van der Waals surface area (Å²) in [5.41, 5.74) is -0.00774. The van der Waals surface area contributed by atoms with Gasteiger partial charge in [-0.2, -0.15) is 0 Å². The molecule has 2 N–H and O–H groups in total. The van der Waals surface area contributed by atoms with Gasteiger partial charge in [-0.25, -0.2) is 18.4 Å². The molecule has 0 heterocycles. The lowest BCUT2D eigenvalue weighted by atomic mass is 10.2. The first-order valence-electron chi connectivity index (χ1n) is 4.85. The van der Waals surface area contributed by atoms with Crippen LogP contribution in [0.3, 0.4) is 0 Å². The number of sulfonamides is 1. The average molecular weight is 278 g/mol. The highest BCUT2D eigenvalue weighted by atomic mass is 35.5. The minimum absolute atomic E-state index is 0.00774. The Morgan fingerprint density at radius 1 is 1.47 bits per heavy atom. The number of carbonyl (C=O) groups is 1. The van der Waals surface area contributed by atoms with Gasteiger partial charge in [-0.3, -0.25) is 0 Å². The molecule has 0 unspecified atom stereocenters. The summed E-state index contributed by atoms with van der Waals surface area (Å²) in [5, 5.41) is 5.08. The lowest BCUT2D eigenvalue weighted by molar-refractivity contribution is 0.0505. The monoisotopic (exact) mass is 277 g/mol. The normalized spacial score (nSPS) is 11.2. The van der Waals surface area contributed by atoms with Gasteiger partial charge in [-0.15, -0.1) is 0 Å². The minimum atomic E-state index is -3.86. The molecule has 0 aliphatic rings. The predicted octanol–water partition coefficient (Wildman–Crippen LogP) is 1.55. The van der Waals surface area contributed by atoms with E-state index in [1.165, 1.54) is 12.1 Å². The zero-order valence-corrected chi connectivity index (χ0v) is 10.7. The molecule has 94 valence electrons. The second-order valence-corrected chi connectivity index (χ2v) is 5.29. The number of nitrogens with two attached hydrogens (primary N) is 1. The summed E-state index contributed by atoms with van der Waals surface area (Å²) < 4.78 is 27.1. The van der Waals surface area contributed by atoms with Crippen molar-refractivity contribution in [2.45, 2.75) is 18.2 Å². The molecule has 0 amide bonds. The maximum atomic E-state index is 11.6. The van der Waals surface area contributed by atoms with Crippen LogP contribution in [0.4, 0.5) is 0 Å². The molecule has 17 heavy (non-hydrogen) atoms. The topological polar surface area (TPSA) is 86.5 Å². The van der Waals surface area contributed by atoms with E-state index in [9.17, 15) is 13.2 Å². The van der Waals surface area contributed by atoms with Crippen LogP contribution >= 0.6 is 11.6 Å². The van der Waals surface area contributed by atoms with Crippen molar-refractivity contribution in [2.75, 3.05) is 6.61 Å². The number of benzene rings is 1. The highest BCUT2D eigenvalue weighted by Crippen LogP contribution is 2.20. The van der Waals surface area contributed by atoms with Gasteiger partial charge >= 0.3 is 5.97 Å². The Hall–Kier alpha value is -1.11. The van der Waals surface area contributed by atoms with Crippen molar-refractivity contribution in [1.82, 2.24) is 0 Å². The predicted molar refractivity (Wildman–Crippen MR) is 63.4 cm³/mol. The van der Waals surface area contributed by atoms with Gasteiger partial charge in [-0.1, -0.05) is 18.5 Å².